The van der Waals surface area contributed by atoms with Crippen molar-refractivity contribution in [1.82, 2.24) is 0 Å². The Labute approximate surface area is 97.2 Å². The average molecular weight is 228 g/mol. The molecule has 84 valence electrons. The van der Waals surface area contributed by atoms with Crippen LogP contribution in [0.15, 0.2) is 18.2 Å². The minimum absolute atomic E-state index is 0. The maximum atomic E-state index is 5.77. The van der Waals surface area contributed by atoms with Crippen LogP contribution in [0.2, 0.25) is 0 Å². The Kier molecular flexibility index (Phi) is 4.43. The zero-order valence-corrected chi connectivity index (χ0v) is 9.85. The highest BCUT2D eigenvalue weighted by molar-refractivity contribution is 5.85. The lowest BCUT2D eigenvalue weighted by Gasteiger charge is -2.25. The monoisotopic (exact) mass is 227 g/mol. The van der Waals surface area contributed by atoms with Crippen LogP contribution in [0.1, 0.15) is 29.9 Å². The molecule has 2 nitrogen and oxygen atoms in total. The van der Waals surface area contributed by atoms with Gasteiger partial charge in [-0.05, 0) is 48.9 Å². The fourth-order valence-electron chi connectivity index (χ4n) is 2.35. The zero-order chi connectivity index (χ0) is 9.97. The summed E-state index contributed by atoms with van der Waals surface area (Å²) in [7, 11) is 1.74. The van der Waals surface area contributed by atoms with Gasteiger partial charge in [-0.1, -0.05) is 12.1 Å². The maximum Gasteiger partial charge on any atom is 0.122 e. The molecule has 2 rings (SSSR count). The highest BCUT2D eigenvalue weighted by Crippen LogP contribution is 2.35. The van der Waals surface area contributed by atoms with E-state index in [2.05, 4.69) is 12.1 Å². The minimum atomic E-state index is 0. The number of nitrogens with two attached hydrogens (primary N) is 1. The van der Waals surface area contributed by atoms with E-state index in [1.54, 1.807) is 7.11 Å². The van der Waals surface area contributed by atoms with Gasteiger partial charge in [0, 0.05) is 0 Å². The summed E-state index contributed by atoms with van der Waals surface area (Å²) < 4.78 is 5.36. The number of benzene rings is 1. The normalized spacial score (nSPS) is 18.9. The zero-order valence-electron chi connectivity index (χ0n) is 9.03. The molecule has 0 aliphatic heterocycles. The van der Waals surface area contributed by atoms with Crippen LogP contribution in [-0.2, 0) is 6.42 Å². The molecule has 0 unspecified atom stereocenters. The van der Waals surface area contributed by atoms with Gasteiger partial charge >= 0.3 is 0 Å². The van der Waals surface area contributed by atoms with Crippen LogP contribution in [0.25, 0.3) is 0 Å². The van der Waals surface area contributed by atoms with Gasteiger partial charge < -0.3 is 10.5 Å². The highest BCUT2D eigenvalue weighted by atomic mass is 35.5. The summed E-state index contributed by atoms with van der Waals surface area (Å²) in [5.74, 6) is 1.56. The molecule has 3 heteroatoms. The number of rotatable bonds is 2. The largest absolute Gasteiger partial charge is 0.496 e. The Bertz CT molecular complexity index is 327. The first-order valence-corrected chi connectivity index (χ1v) is 5.22. The minimum Gasteiger partial charge on any atom is -0.496 e. The predicted molar refractivity (Wildman–Crippen MR) is 65.0 cm³/mol. The molecule has 0 heterocycles. The SMILES string of the molecule is COc1cccc2c1CCC[C@H]2CN.Cl. The third-order valence-corrected chi connectivity index (χ3v) is 3.09. The summed E-state index contributed by atoms with van der Waals surface area (Å²) in [5, 5.41) is 0. The molecule has 15 heavy (non-hydrogen) atoms. The van der Waals surface area contributed by atoms with E-state index in [0.29, 0.717) is 5.92 Å². The van der Waals surface area contributed by atoms with Crippen LogP contribution in [0.5, 0.6) is 5.75 Å². The Morgan fingerprint density at radius 1 is 1.47 bits per heavy atom. The van der Waals surface area contributed by atoms with E-state index in [1.807, 2.05) is 6.07 Å². The summed E-state index contributed by atoms with van der Waals surface area (Å²) in [6, 6.07) is 6.29. The lowest BCUT2D eigenvalue weighted by Crippen LogP contribution is -2.18. The second-order valence-corrected chi connectivity index (χ2v) is 3.85. The van der Waals surface area contributed by atoms with Crippen LogP contribution >= 0.6 is 12.4 Å². The molecule has 0 bridgehead atoms. The van der Waals surface area contributed by atoms with Gasteiger partial charge in [0.25, 0.3) is 0 Å². The van der Waals surface area contributed by atoms with E-state index in [0.717, 1.165) is 18.7 Å². The number of hydrogen-bond acceptors (Lipinski definition) is 2. The van der Waals surface area contributed by atoms with Crippen molar-refractivity contribution in [2.75, 3.05) is 13.7 Å². The second-order valence-electron chi connectivity index (χ2n) is 3.85. The lowest BCUT2D eigenvalue weighted by atomic mass is 9.82. The van der Waals surface area contributed by atoms with Crippen molar-refractivity contribution in [3.05, 3.63) is 29.3 Å². The van der Waals surface area contributed by atoms with Crippen molar-refractivity contribution in [1.29, 1.82) is 0 Å². The van der Waals surface area contributed by atoms with Gasteiger partial charge in [0.15, 0.2) is 0 Å². The second kappa shape index (κ2) is 5.38. The van der Waals surface area contributed by atoms with E-state index in [1.165, 1.54) is 24.0 Å². The first-order valence-electron chi connectivity index (χ1n) is 5.22. The molecule has 0 aromatic heterocycles. The van der Waals surface area contributed by atoms with E-state index in [9.17, 15) is 0 Å². The van der Waals surface area contributed by atoms with Crippen molar-refractivity contribution < 1.29 is 4.74 Å². The molecule has 0 saturated heterocycles. The molecule has 1 aliphatic rings. The average Bonchev–Trinajstić information content (AvgIpc) is 2.27. The van der Waals surface area contributed by atoms with E-state index < -0.39 is 0 Å². The van der Waals surface area contributed by atoms with Crippen molar-refractivity contribution in [3.8, 4) is 5.75 Å². The summed E-state index contributed by atoms with van der Waals surface area (Å²) in [5.41, 5.74) is 8.54. The van der Waals surface area contributed by atoms with E-state index in [-0.39, 0.29) is 12.4 Å². The van der Waals surface area contributed by atoms with Crippen LogP contribution in [0.3, 0.4) is 0 Å². The van der Waals surface area contributed by atoms with Crippen molar-refractivity contribution in [2.45, 2.75) is 25.2 Å². The van der Waals surface area contributed by atoms with Crippen molar-refractivity contribution in [2.24, 2.45) is 5.73 Å². The molecule has 0 amide bonds. The summed E-state index contributed by atoms with van der Waals surface area (Å²) in [4.78, 5) is 0. The molecule has 2 N–H and O–H groups in total. The van der Waals surface area contributed by atoms with Crippen molar-refractivity contribution in [3.63, 3.8) is 0 Å². The Morgan fingerprint density at radius 2 is 2.27 bits per heavy atom. The molecule has 1 aromatic rings. The first kappa shape index (κ1) is 12.3. The van der Waals surface area contributed by atoms with Gasteiger partial charge in [-0.15, -0.1) is 12.4 Å². The third kappa shape index (κ3) is 2.27. The van der Waals surface area contributed by atoms with Crippen LogP contribution in [0, 0.1) is 0 Å². The topological polar surface area (TPSA) is 35.2 Å². The third-order valence-electron chi connectivity index (χ3n) is 3.09. The Balaban J connectivity index is 0.00000112. The van der Waals surface area contributed by atoms with E-state index >= 15 is 0 Å². The van der Waals surface area contributed by atoms with Gasteiger partial charge in [-0.3, -0.25) is 0 Å². The lowest BCUT2D eigenvalue weighted by molar-refractivity contribution is 0.403. The molecular formula is C12H18ClNO. The van der Waals surface area contributed by atoms with Gasteiger partial charge in [-0.25, -0.2) is 0 Å². The van der Waals surface area contributed by atoms with Gasteiger partial charge in [-0.2, -0.15) is 0 Å². The molecule has 1 atom stereocenters. The van der Waals surface area contributed by atoms with Crippen LogP contribution in [-0.4, -0.2) is 13.7 Å². The van der Waals surface area contributed by atoms with Gasteiger partial charge in [0.05, 0.1) is 7.11 Å². The Hall–Kier alpha value is -0.730. The van der Waals surface area contributed by atoms with Crippen LogP contribution < -0.4 is 10.5 Å². The summed E-state index contributed by atoms with van der Waals surface area (Å²) in [6.45, 7) is 0.750. The number of hydrogen-bond donors (Lipinski definition) is 1. The van der Waals surface area contributed by atoms with Gasteiger partial charge in [0.1, 0.15) is 5.75 Å². The Morgan fingerprint density at radius 3 is 2.93 bits per heavy atom. The fourth-order valence-corrected chi connectivity index (χ4v) is 2.35. The molecule has 0 radical (unpaired) electrons. The fraction of sp³-hybridized carbons (Fsp3) is 0.500. The number of ether oxygens (including phenoxy) is 1. The predicted octanol–water partition coefficient (Wildman–Crippen LogP) is 2.50. The van der Waals surface area contributed by atoms with Gasteiger partial charge in [0.2, 0.25) is 0 Å². The molecular weight excluding hydrogens is 210 g/mol. The molecule has 0 saturated carbocycles. The smallest absolute Gasteiger partial charge is 0.122 e. The molecule has 0 spiro atoms. The highest BCUT2D eigenvalue weighted by Gasteiger charge is 2.21. The maximum absolute atomic E-state index is 5.77. The molecule has 1 aliphatic carbocycles. The molecule has 1 aromatic carbocycles. The quantitative estimate of drug-likeness (QED) is 0.843. The van der Waals surface area contributed by atoms with Crippen LogP contribution in [0.4, 0.5) is 0 Å². The summed E-state index contributed by atoms with van der Waals surface area (Å²) in [6.07, 6.45) is 3.59. The standard InChI is InChI=1S/C12H17NO.ClH/c1-14-12-7-3-5-10-9(8-13)4-2-6-11(10)12;/h3,5,7,9H,2,4,6,8,13H2,1H3;1H/t9-;/m0./s1. The first-order chi connectivity index (χ1) is 6.86. The van der Waals surface area contributed by atoms with Crippen molar-refractivity contribution >= 4 is 12.4 Å². The summed E-state index contributed by atoms with van der Waals surface area (Å²) >= 11 is 0. The number of methoxy groups -OCH3 is 1. The number of fused-ring (bicyclic) bond motifs is 1. The number of halogens is 1. The molecule has 0 fully saturated rings. The van der Waals surface area contributed by atoms with E-state index in [4.69, 9.17) is 10.5 Å².